The summed E-state index contributed by atoms with van der Waals surface area (Å²) in [6.07, 6.45) is 0.896. The van der Waals surface area contributed by atoms with Crippen molar-refractivity contribution < 1.29 is 23.2 Å². The van der Waals surface area contributed by atoms with Gasteiger partial charge >= 0.3 is 7.82 Å². The van der Waals surface area contributed by atoms with E-state index < -0.39 is 7.82 Å². The first kappa shape index (κ1) is 17.0. The van der Waals surface area contributed by atoms with Crippen LogP contribution < -0.4 is 5.32 Å². The van der Waals surface area contributed by atoms with E-state index in [1.54, 1.807) is 0 Å². The molecule has 2 N–H and O–H groups in total. The Bertz CT molecular complexity index is 227. The van der Waals surface area contributed by atoms with Crippen molar-refractivity contribution in [1.29, 1.82) is 0 Å². The summed E-state index contributed by atoms with van der Waals surface area (Å²) in [6.45, 7) is 5.78. The molecular weight excluding hydrogens is 245 g/mol. The minimum atomic E-state index is -3.91. The van der Waals surface area contributed by atoms with E-state index in [1.165, 1.54) is 0 Å². The maximum Gasteiger partial charge on any atom is 0.472 e. The first-order chi connectivity index (χ1) is 8.02. The van der Waals surface area contributed by atoms with E-state index in [-0.39, 0.29) is 25.7 Å². The molecule has 0 aromatic heterocycles. The van der Waals surface area contributed by atoms with E-state index in [0.717, 1.165) is 13.0 Å². The molecule has 104 valence electrons. The molecule has 0 saturated heterocycles. The monoisotopic (exact) mass is 269 g/mol. The molecule has 0 fully saturated rings. The largest absolute Gasteiger partial charge is 0.472 e. The first-order valence-electron chi connectivity index (χ1n) is 5.86. The molecule has 0 rings (SSSR count). The van der Waals surface area contributed by atoms with Crippen LogP contribution in [0.1, 0.15) is 20.3 Å². The summed E-state index contributed by atoms with van der Waals surface area (Å²) in [7, 11) is -2.09. The van der Waals surface area contributed by atoms with Gasteiger partial charge in [-0.25, -0.2) is 4.57 Å². The molecule has 6 nitrogen and oxygen atoms in total. The van der Waals surface area contributed by atoms with Gasteiger partial charge in [-0.15, -0.1) is 0 Å². The highest BCUT2D eigenvalue weighted by atomic mass is 31.2. The van der Waals surface area contributed by atoms with Crippen molar-refractivity contribution in [1.82, 2.24) is 5.32 Å². The Hall–Kier alpha value is 0.0300. The van der Waals surface area contributed by atoms with Crippen LogP contribution >= 0.6 is 7.82 Å². The smallest absolute Gasteiger partial charge is 0.378 e. The first-order valence-corrected chi connectivity index (χ1v) is 7.35. The van der Waals surface area contributed by atoms with E-state index in [0.29, 0.717) is 6.61 Å². The van der Waals surface area contributed by atoms with Gasteiger partial charge in [0.05, 0.1) is 26.4 Å². The van der Waals surface area contributed by atoms with Crippen molar-refractivity contribution >= 4 is 7.82 Å². The highest BCUT2D eigenvalue weighted by molar-refractivity contribution is 7.47. The fraction of sp³-hybridized carbons (Fsp3) is 1.00. The van der Waals surface area contributed by atoms with Crippen molar-refractivity contribution in [3.8, 4) is 0 Å². The lowest BCUT2D eigenvalue weighted by molar-refractivity contribution is 0.0746. The molecule has 0 aromatic carbocycles. The number of ether oxygens (including phenoxy) is 1. The molecule has 0 aliphatic heterocycles. The minimum absolute atomic E-state index is 0.0536. The SMILES string of the molecule is CCC(C)COP(=O)(O)OCCOCCNC. The third kappa shape index (κ3) is 10.9. The van der Waals surface area contributed by atoms with Crippen LogP contribution in [0.25, 0.3) is 0 Å². The second-order valence-corrected chi connectivity index (χ2v) is 5.28. The van der Waals surface area contributed by atoms with Gasteiger partial charge in [0.25, 0.3) is 0 Å². The average molecular weight is 269 g/mol. The topological polar surface area (TPSA) is 77.0 Å². The number of hydrogen-bond acceptors (Lipinski definition) is 5. The van der Waals surface area contributed by atoms with Crippen molar-refractivity contribution in [2.75, 3.05) is 40.0 Å². The second-order valence-electron chi connectivity index (χ2n) is 3.83. The molecule has 17 heavy (non-hydrogen) atoms. The highest BCUT2D eigenvalue weighted by Gasteiger charge is 2.21. The molecule has 0 aromatic rings. The van der Waals surface area contributed by atoms with Gasteiger partial charge in [0.1, 0.15) is 0 Å². The van der Waals surface area contributed by atoms with E-state index in [1.807, 2.05) is 20.9 Å². The predicted molar refractivity (Wildman–Crippen MR) is 65.9 cm³/mol. The number of phosphoric acid groups is 1. The van der Waals surface area contributed by atoms with Gasteiger partial charge in [0.2, 0.25) is 0 Å². The fourth-order valence-electron chi connectivity index (χ4n) is 0.864. The average Bonchev–Trinajstić information content (AvgIpc) is 2.30. The minimum Gasteiger partial charge on any atom is -0.378 e. The molecule has 2 atom stereocenters. The normalized spacial score (nSPS) is 16.7. The summed E-state index contributed by atoms with van der Waals surface area (Å²) in [5.41, 5.74) is 0. The molecule has 0 spiro atoms. The van der Waals surface area contributed by atoms with Crippen LogP contribution in [0.2, 0.25) is 0 Å². The summed E-state index contributed by atoms with van der Waals surface area (Å²) in [5, 5.41) is 2.92. The number of phosphoric ester groups is 1. The Labute approximate surface area is 103 Å². The van der Waals surface area contributed by atoms with Crippen LogP contribution in [-0.2, 0) is 18.3 Å². The number of likely N-dealkylation sites (N-methyl/N-ethyl adjacent to an activating group) is 1. The Morgan fingerprint density at radius 2 is 2.00 bits per heavy atom. The maximum absolute atomic E-state index is 11.4. The Balaban J connectivity index is 3.53. The third-order valence-electron chi connectivity index (χ3n) is 2.20. The fourth-order valence-corrected chi connectivity index (χ4v) is 1.69. The van der Waals surface area contributed by atoms with Crippen LogP contribution in [0.4, 0.5) is 0 Å². The lowest BCUT2D eigenvalue weighted by Crippen LogP contribution is -2.16. The molecule has 2 unspecified atom stereocenters. The third-order valence-corrected chi connectivity index (χ3v) is 3.18. The zero-order chi connectivity index (χ0) is 13.1. The number of nitrogens with one attached hydrogen (secondary N) is 1. The Morgan fingerprint density at radius 3 is 2.59 bits per heavy atom. The summed E-state index contributed by atoms with van der Waals surface area (Å²) >= 11 is 0. The Kier molecular flexibility index (Phi) is 10.0. The molecule has 0 saturated carbocycles. The number of rotatable bonds is 11. The standard InChI is InChI=1S/C10H24NO5P/c1-4-10(2)9-16-17(12,13)15-8-7-14-6-5-11-3/h10-11H,4-9H2,1-3H3,(H,12,13). The van der Waals surface area contributed by atoms with Gasteiger partial charge in [-0.05, 0) is 13.0 Å². The predicted octanol–water partition coefficient (Wildman–Crippen LogP) is 1.40. The van der Waals surface area contributed by atoms with Gasteiger partial charge in [0.15, 0.2) is 0 Å². The summed E-state index contributed by atoms with van der Waals surface area (Å²) in [4.78, 5) is 9.30. The lowest BCUT2D eigenvalue weighted by atomic mass is 10.1. The van der Waals surface area contributed by atoms with Crippen molar-refractivity contribution in [2.45, 2.75) is 20.3 Å². The molecular formula is C10H24NO5P. The quantitative estimate of drug-likeness (QED) is 0.436. The van der Waals surface area contributed by atoms with Gasteiger partial charge in [-0.1, -0.05) is 20.3 Å². The summed E-state index contributed by atoms with van der Waals surface area (Å²) in [5.74, 6) is 0.242. The van der Waals surface area contributed by atoms with E-state index >= 15 is 0 Å². The van der Waals surface area contributed by atoms with Crippen molar-refractivity contribution in [3.05, 3.63) is 0 Å². The molecule has 0 heterocycles. The molecule has 0 bridgehead atoms. The molecule has 0 amide bonds. The second kappa shape index (κ2) is 10.00. The van der Waals surface area contributed by atoms with E-state index in [4.69, 9.17) is 13.8 Å². The molecule has 7 heteroatoms. The Morgan fingerprint density at radius 1 is 1.29 bits per heavy atom. The van der Waals surface area contributed by atoms with Crippen LogP contribution in [0.5, 0.6) is 0 Å². The van der Waals surface area contributed by atoms with Crippen molar-refractivity contribution in [3.63, 3.8) is 0 Å². The molecule has 0 radical (unpaired) electrons. The van der Waals surface area contributed by atoms with Gasteiger partial charge in [-0.3, -0.25) is 9.05 Å². The summed E-state index contributed by atoms with van der Waals surface area (Å²) in [6, 6.07) is 0. The van der Waals surface area contributed by atoms with Gasteiger partial charge in [-0.2, -0.15) is 0 Å². The molecule has 0 aliphatic rings. The van der Waals surface area contributed by atoms with Crippen LogP contribution in [0, 0.1) is 5.92 Å². The summed E-state index contributed by atoms with van der Waals surface area (Å²) < 4.78 is 26.1. The van der Waals surface area contributed by atoms with Crippen LogP contribution in [0.15, 0.2) is 0 Å². The van der Waals surface area contributed by atoms with Crippen LogP contribution in [-0.4, -0.2) is 44.9 Å². The maximum atomic E-state index is 11.4. The van der Waals surface area contributed by atoms with E-state index in [2.05, 4.69) is 5.32 Å². The van der Waals surface area contributed by atoms with Gasteiger partial charge in [0, 0.05) is 6.54 Å². The highest BCUT2D eigenvalue weighted by Crippen LogP contribution is 2.43. The van der Waals surface area contributed by atoms with Crippen molar-refractivity contribution in [2.24, 2.45) is 5.92 Å². The zero-order valence-electron chi connectivity index (χ0n) is 10.8. The van der Waals surface area contributed by atoms with E-state index in [9.17, 15) is 9.46 Å². The lowest BCUT2D eigenvalue weighted by Gasteiger charge is -2.14. The van der Waals surface area contributed by atoms with Gasteiger partial charge < -0.3 is 14.9 Å². The van der Waals surface area contributed by atoms with Crippen LogP contribution in [0.3, 0.4) is 0 Å². The number of hydrogen-bond donors (Lipinski definition) is 2. The zero-order valence-corrected chi connectivity index (χ0v) is 11.7. The molecule has 0 aliphatic carbocycles.